The number of carbonyl (C=O) groups is 1. The molecule has 0 saturated heterocycles. The van der Waals surface area contributed by atoms with Gasteiger partial charge in [0.15, 0.2) is 0 Å². The Morgan fingerprint density at radius 2 is 1.89 bits per heavy atom. The van der Waals surface area contributed by atoms with Crippen molar-refractivity contribution >= 4 is 43.4 Å². The molecule has 2 heterocycles. The predicted octanol–water partition coefficient (Wildman–Crippen LogP) is 5.41. The third kappa shape index (κ3) is 3.87. The highest BCUT2D eigenvalue weighted by molar-refractivity contribution is 7.90. The lowest BCUT2D eigenvalue weighted by atomic mass is 10.0. The Bertz CT molecular complexity index is 1940. The molecule has 0 fully saturated rings. The van der Waals surface area contributed by atoms with Crippen LogP contribution in [0.25, 0.3) is 33.1 Å². The lowest BCUT2D eigenvalue weighted by Gasteiger charge is -2.12. The third-order valence-electron chi connectivity index (χ3n) is 5.91. The maximum atomic E-state index is 13.9. The number of carboxylic acids is 1. The summed E-state index contributed by atoms with van der Waals surface area (Å²) in [4.78, 5) is 11.6. The van der Waals surface area contributed by atoms with Crippen LogP contribution in [0.3, 0.4) is 0 Å². The van der Waals surface area contributed by atoms with Crippen molar-refractivity contribution in [1.82, 2.24) is 13.8 Å². The summed E-state index contributed by atoms with van der Waals surface area (Å²) in [6.07, 6.45) is 0.705. The number of aryl methyl sites for hydroxylation is 1. The Hall–Kier alpha value is -4.24. The van der Waals surface area contributed by atoms with E-state index in [2.05, 4.69) is 5.10 Å². The Morgan fingerprint density at radius 1 is 1.14 bits per heavy atom. The zero-order valence-electron chi connectivity index (χ0n) is 23.6. The van der Waals surface area contributed by atoms with Crippen LogP contribution in [-0.4, -0.2) is 33.2 Å². The standard InChI is InChI=1S/C27H22FN3O4S/c1-17(2)27-22(12-13-26(32)33)23-15-24-18(14-25(23)30(27)20-10-8-19(28)9-11-20)16-29-31(24)36(34,35)21-6-4-3-5-7-21/h3-11,14-16H,1,12-13H2,2H3,(H,32,33)/i1D2,2D3. The summed E-state index contributed by atoms with van der Waals surface area (Å²) in [5.41, 5.74) is 0.212. The fourth-order valence-electron chi connectivity index (χ4n) is 4.34. The molecule has 0 aliphatic carbocycles. The number of fused-ring (bicyclic) bond motifs is 2. The van der Waals surface area contributed by atoms with Gasteiger partial charge in [-0.3, -0.25) is 4.79 Å². The zero-order valence-corrected chi connectivity index (χ0v) is 19.5. The molecule has 0 spiro atoms. The van der Waals surface area contributed by atoms with Gasteiger partial charge >= 0.3 is 5.97 Å². The van der Waals surface area contributed by atoms with Crippen LogP contribution in [-0.2, 0) is 21.2 Å². The van der Waals surface area contributed by atoms with Crippen LogP contribution in [0.15, 0.2) is 84.4 Å². The van der Waals surface area contributed by atoms with Crippen molar-refractivity contribution in [3.63, 3.8) is 0 Å². The monoisotopic (exact) mass is 508 g/mol. The van der Waals surface area contributed by atoms with Gasteiger partial charge in [0.05, 0.1) is 30.6 Å². The number of hydrogen-bond donors (Lipinski definition) is 1. The largest absolute Gasteiger partial charge is 0.481 e. The van der Waals surface area contributed by atoms with Crippen LogP contribution >= 0.6 is 0 Å². The maximum absolute atomic E-state index is 13.9. The van der Waals surface area contributed by atoms with Crippen LogP contribution in [0.5, 0.6) is 0 Å². The quantitative estimate of drug-likeness (QED) is 0.317. The highest BCUT2D eigenvalue weighted by Crippen LogP contribution is 2.37. The van der Waals surface area contributed by atoms with Gasteiger partial charge in [0.2, 0.25) is 0 Å². The molecular formula is C27H22FN3O4S. The molecule has 7 nitrogen and oxygen atoms in total. The van der Waals surface area contributed by atoms with Crippen molar-refractivity contribution < 1.29 is 29.6 Å². The van der Waals surface area contributed by atoms with Gasteiger partial charge in [-0.25, -0.2) is 4.39 Å². The molecule has 0 amide bonds. The van der Waals surface area contributed by atoms with Crippen LogP contribution in [0.4, 0.5) is 4.39 Å². The first-order valence-corrected chi connectivity index (χ1v) is 12.3. The topological polar surface area (TPSA) is 94.2 Å². The fourth-order valence-corrected chi connectivity index (χ4v) is 5.63. The number of hydrogen-bond acceptors (Lipinski definition) is 4. The van der Waals surface area contributed by atoms with Crippen molar-refractivity contribution in [2.75, 3.05) is 0 Å². The molecular weight excluding hydrogens is 481 g/mol. The van der Waals surface area contributed by atoms with Gasteiger partial charge in [-0.15, -0.1) is 0 Å². The molecule has 3 aromatic carbocycles. The van der Waals surface area contributed by atoms with E-state index < -0.39 is 47.2 Å². The summed E-state index contributed by atoms with van der Waals surface area (Å²) in [7, 11) is -4.14. The van der Waals surface area contributed by atoms with E-state index >= 15 is 0 Å². The van der Waals surface area contributed by atoms with E-state index in [1.807, 2.05) is 0 Å². The number of nitrogens with zero attached hydrogens (tertiary/aromatic N) is 3. The summed E-state index contributed by atoms with van der Waals surface area (Å²) >= 11 is 0. The first-order valence-electron chi connectivity index (χ1n) is 13.3. The van der Waals surface area contributed by atoms with E-state index in [4.69, 9.17) is 6.85 Å². The second kappa shape index (κ2) is 8.76. The van der Waals surface area contributed by atoms with Gasteiger partial charge in [-0.05, 0) is 72.9 Å². The Kier molecular flexibility index (Phi) is 4.40. The molecule has 0 aliphatic heterocycles. The molecule has 0 bridgehead atoms. The Balaban J connectivity index is 1.93. The van der Waals surface area contributed by atoms with Crippen molar-refractivity contribution in [2.24, 2.45) is 0 Å². The van der Waals surface area contributed by atoms with E-state index in [0.717, 1.165) is 16.2 Å². The number of aliphatic carboxylic acids is 1. The molecule has 9 heteroatoms. The smallest absolute Gasteiger partial charge is 0.303 e. The number of allylic oxidation sites excluding steroid dienone is 1. The van der Waals surface area contributed by atoms with Gasteiger partial charge in [-0.1, -0.05) is 24.7 Å². The summed E-state index contributed by atoms with van der Waals surface area (Å²) in [6, 6.07) is 15.8. The predicted molar refractivity (Wildman–Crippen MR) is 136 cm³/mol. The van der Waals surface area contributed by atoms with Crippen molar-refractivity contribution in [3.8, 4) is 5.69 Å². The van der Waals surface area contributed by atoms with Crippen molar-refractivity contribution in [3.05, 3.63) is 96.5 Å². The SMILES string of the molecule is [2H]C([2H])=C(c1c(CCC(=O)O)c2cc3c(cnn3S(=O)(=O)c3ccccc3)cc2n1-c1ccc(F)cc1)C([2H])([2H])[2H]. The van der Waals surface area contributed by atoms with Crippen LogP contribution in [0.1, 0.15) is 31.4 Å². The first-order chi connectivity index (χ1) is 19.3. The van der Waals surface area contributed by atoms with Gasteiger partial charge in [0.25, 0.3) is 10.0 Å². The van der Waals surface area contributed by atoms with E-state index in [-0.39, 0.29) is 28.1 Å². The Morgan fingerprint density at radius 3 is 2.56 bits per heavy atom. The van der Waals surface area contributed by atoms with E-state index in [0.29, 0.717) is 22.0 Å². The molecule has 2 aromatic heterocycles. The van der Waals surface area contributed by atoms with Crippen LogP contribution < -0.4 is 0 Å². The van der Waals surface area contributed by atoms with Crippen LogP contribution in [0, 0.1) is 5.82 Å². The Labute approximate surface area is 213 Å². The summed E-state index contributed by atoms with van der Waals surface area (Å²) in [5.74, 6) is -1.73. The normalized spacial score (nSPS) is 14.1. The number of benzene rings is 3. The first kappa shape index (κ1) is 18.1. The molecule has 5 aromatic rings. The number of carboxylic acid groups (broad SMARTS) is 1. The highest BCUT2D eigenvalue weighted by Gasteiger charge is 2.24. The minimum Gasteiger partial charge on any atom is -0.481 e. The number of rotatable bonds is 7. The van der Waals surface area contributed by atoms with Crippen molar-refractivity contribution in [2.45, 2.75) is 24.6 Å². The molecule has 182 valence electrons. The average Bonchev–Trinajstić information content (AvgIpc) is 3.45. The van der Waals surface area contributed by atoms with Crippen LogP contribution in [0.2, 0.25) is 0 Å². The van der Waals surface area contributed by atoms with Crippen molar-refractivity contribution in [1.29, 1.82) is 0 Å². The molecule has 1 N–H and O–H groups in total. The number of aromatic nitrogens is 3. The summed E-state index contributed by atoms with van der Waals surface area (Å²) in [6.45, 7) is -3.95. The average molecular weight is 509 g/mol. The van der Waals surface area contributed by atoms with E-state index in [1.54, 1.807) is 24.3 Å². The van der Waals surface area contributed by atoms with Gasteiger partial charge in [-0.2, -0.15) is 17.6 Å². The molecule has 5 rings (SSSR count). The third-order valence-corrected chi connectivity index (χ3v) is 7.52. The summed E-state index contributed by atoms with van der Waals surface area (Å²) < 4.78 is 83.5. The minimum absolute atomic E-state index is 0.0126. The second-order valence-corrected chi connectivity index (χ2v) is 9.91. The molecule has 0 radical (unpaired) electrons. The summed E-state index contributed by atoms with van der Waals surface area (Å²) in [5, 5.41) is 14.2. The van der Waals surface area contributed by atoms with Gasteiger partial charge < -0.3 is 9.67 Å². The molecule has 0 aliphatic rings. The van der Waals surface area contributed by atoms with E-state index in [9.17, 15) is 22.7 Å². The molecule has 0 atom stereocenters. The van der Waals surface area contributed by atoms with E-state index in [1.165, 1.54) is 41.1 Å². The highest BCUT2D eigenvalue weighted by atomic mass is 32.2. The zero-order chi connectivity index (χ0) is 29.7. The minimum atomic E-state index is -4.14. The second-order valence-electron chi connectivity index (χ2n) is 8.14. The lowest BCUT2D eigenvalue weighted by Crippen LogP contribution is -2.14. The number of halogens is 1. The fraction of sp³-hybridized carbons (Fsp3) is 0.111. The maximum Gasteiger partial charge on any atom is 0.303 e. The molecule has 0 unspecified atom stereocenters. The molecule has 36 heavy (non-hydrogen) atoms. The lowest BCUT2D eigenvalue weighted by molar-refractivity contribution is -0.136. The van der Waals surface area contributed by atoms with Gasteiger partial charge in [0, 0.05) is 27.0 Å². The van der Waals surface area contributed by atoms with Gasteiger partial charge in [0.1, 0.15) is 5.82 Å². The molecule has 0 saturated carbocycles.